The van der Waals surface area contributed by atoms with Gasteiger partial charge in [-0.15, -0.1) is 11.8 Å². The molecular weight excluding hydrogens is 440 g/mol. The number of hydrogen-bond donors (Lipinski definition) is 1. The molecule has 0 bridgehead atoms. The highest BCUT2D eigenvalue weighted by atomic mass is 35.5. The van der Waals surface area contributed by atoms with Gasteiger partial charge in [0, 0.05) is 23.4 Å². The summed E-state index contributed by atoms with van der Waals surface area (Å²) in [6.45, 7) is 4.46. The third kappa shape index (κ3) is 6.76. The molecule has 0 saturated heterocycles. The first kappa shape index (κ1) is 24.7. The quantitative estimate of drug-likeness (QED) is 0.479. The minimum absolute atomic E-state index is 0.0151. The second-order valence-electron chi connectivity index (χ2n) is 8.45. The third-order valence-electron chi connectivity index (χ3n) is 6.13. The molecule has 2 aromatic carbocycles. The lowest BCUT2D eigenvalue weighted by Crippen LogP contribution is -2.51. The van der Waals surface area contributed by atoms with E-state index in [9.17, 15) is 9.59 Å². The molecule has 1 N–H and O–H groups in total. The van der Waals surface area contributed by atoms with Gasteiger partial charge < -0.3 is 10.2 Å². The average Bonchev–Trinajstić information content (AvgIpc) is 3.29. The number of rotatable bonds is 10. The van der Waals surface area contributed by atoms with E-state index in [2.05, 4.69) is 5.32 Å². The molecule has 172 valence electrons. The lowest BCUT2D eigenvalue weighted by Gasteiger charge is -2.32. The van der Waals surface area contributed by atoms with E-state index in [-0.39, 0.29) is 17.9 Å². The summed E-state index contributed by atoms with van der Waals surface area (Å²) in [6, 6.07) is 15.5. The molecule has 3 rings (SSSR count). The van der Waals surface area contributed by atoms with E-state index in [1.165, 1.54) is 11.8 Å². The largest absolute Gasteiger partial charge is 0.352 e. The van der Waals surface area contributed by atoms with Crippen LogP contribution in [0.3, 0.4) is 0 Å². The number of amides is 2. The summed E-state index contributed by atoms with van der Waals surface area (Å²) >= 11 is 7.80. The molecule has 0 aliphatic heterocycles. The summed E-state index contributed by atoms with van der Waals surface area (Å²) in [5.74, 6) is 0.926. The van der Waals surface area contributed by atoms with Crippen LogP contribution in [0.1, 0.15) is 55.7 Å². The molecule has 2 amide bonds. The van der Waals surface area contributed by atoms with E-state index in [0.29, 0.717) is 29.5 Å². The predicted molar refractivity (Wildman–Crippen MR) is 134 cm³/mol. The number of benzene rings is 2. The minimum atomic E-state index is -0.469. The number of carbonyl (C=O) groups excluding carboxylic acids is 2. The SMILES string of the molecule is CC[C@@H](C(=O)NC1CCCC1)N(Cc1ccccc1C)C(=O)CSCc1ccccc1Cl. The highest BCUT2D eigenvalue weighted by molar-refractivity contribution is 7.99. The molecule has 0 aromatic heterocycles. The van der Waals surface area contributed by atoms with Gasteiger partial charge in [-0.1, -0.05) is 73.8 Å². The summed E-state index contributed by atoms with van der Waals surface area (Å²) in [6.07, 6.45) is 4.97. The van der Waals surface area contributed by atoms with Crippen LogP contribution in [0.2, 0.25) is 5.02 Å². The fourth-order valence-electron chi connectivity index (χ4n) is 4.20. The summed E-state index contributed by atoms with van der Waals surface area (Å²) < 4.78 is 0. The predicted octanol–water partition coefficient (Wildman–Crippen LogP) is 5.75. The van der Waals surface area contributed by atoms with Crippen molar-refractivity contribution in [1.29, 1.82) is 0 Å². The zero-order valence-corrected chi connectivity index (χ0v) is 20.6. The minimum Gasteiger partial charge on any atom is -0.352 e. The summed E-state index contributed by atoms with van der Waals surface area (Å²) in [5.41, 5.74) is 3.22. The van der Waals surface area contributed by atoms with Crippen LogP contribution in [0, 0.1) is 6.92 Å². The van der Waals surface area contributed by atoms with E-state index in [0.717, 1.165) is 42.4 Å². The van der Waals surface area contributed by atoms with E-state index >= 15 is 0 Å². The molecule has 1 aliphatic carbocycles. The van der Waals surface area contributed by atoms with E-state index < -0.39 is 6.04 Å². The first-order chi connectivity index (χ1) is 15.5. The molecule has 4 nitrogen and oxygen atoms in total. The lowest BCUT2D eigenvalue weighted by molar-refractivity contribution is -0.139. The van der Waals surface area contributed by atoms with Crippen LogP contribution in [-0.4, -0.2) is 34.6 Å². The maximum absolute atomic E-state index is 13.4. The van der Waals surface area contributed by atoms with E-state index in [1.807, 2.05) is 62.4 Å². The normalized spacial score (nSPS) is 14.8. The molecule has 0 spiro atoms. The summed E-state index contributed by atoms with van der Waals surface area (Å²) in [4.78, 5) is 28.3. The summed E-state index contributed by atoms with van der Waals surface area (Å²) in [5, 5.41) is 3.91. The van der Waals surface area contributed by atoms with Crippen LogP contribution < -0.4 is 5.32 Å². The summed E-state index contributed by atoms with van der Waals surface area (Å²) in [7, 11) is 0. The van der Waals surface area contributed by atoms with E-state index in [4.69, 9.17) is 11.6 Å². The van der Waals surface area contributed by atoms with Crippen molar-refractivity contribution in [3.63, 3.8) is 0 Å². The molecule has 6 heteroatoms. The first-order valence-electron chi connectivity index (χ1n) is 11.4. The van der Waals surface area contributed by atoms with Crippen LogP contribution in [0.5, 0.6) is 0 Å². The van der Waals surface area contributed by atoms with Crippen molar-refractivity contribution in [2.75, 3.05) is 5.75 Å². The van der Waals surface area contributed by atoms with E-state index in [1.54, 1.807) is 4.90 Å². The van der Waals surface area contributed by atoms with Gasteiger partial charge >= 0.3 is 0 Å². The molecule has 32 heavy (non-hydrogen) atoms. The van der Waals surface area contributed by atoms with Crippen LogP contribution in [0.4, 0.5) is 0 Å². The molecule has 1 atom stereocenters. The fourth-order valence-corrected chi connectivity index (χ4v) is 5.40. The van der Waals surface area contributed by atoms with Gasteiger partial charge in [-0.2, -0.15) is 0 Å². The Bertz CT molecular complexity index is 914. The molecular formula is C26H33ClN2O2S. The Hall–Kier alpha value is -1.98. The second-order valence-corrected chi connectivity index (χ2v) is 9.84. The topological polar surface area (TPSA) is 49.4 Å². The molecule has 1 fully saturated rings. The first-order valence-corrected chi connectivity index (χ1v) is 13.0. The van der Waals surface area contributed by atoms with Gasteiger partial charge in [-0.3, -0.25) is 9.59 Å². The van der Waals surface area contributed by atoms with Crippen LogP contribution >= 0.6 is 23.4 Å². The Morgan fingerprint density at radius 1 is 1.09 bits per heavy atom. The Balaban J connectivity index is 1.72. The molecule has 0 radical (unpaired) electrons. The maximum Gasteiger partial charge on any atom is 0.243 e. The zero-order chi connectivity index (χ0) is 22.9. The van der Waals surface area contributed by atoms with Gasteiger partial charge in [0.05, 0.1) is 5.75 Å². The van der Waals surface area contributed by atoms with Crippen LogP contribution in [-0.2, 0) is 21.9 Å². The van der Waals surface area contributed by atoms with Crippen molar-refractivity contribution in [3.05, 3.63) is 70.2 Å². The lowest BCUT2D eigenvalue weighted by atomic mass is 10.1. The van der Waals surface area contributed by atoms with Crippen LogP contribution in [0.25, 0.3) is 0 Å². The molecule has 2 aromatic rings. The van der Waals surface area contributed by atoms with Gasteiger partial charge in [0.2, 0.25) is 11.8 Å². The molecule has 1 aliphatic rings. The standard InChI is InChI=1S/C26H33ClN2O2S/c1-3-24(26(31)28-22-13-7-8-14-22)29(16-20-11-5-4-10-19(20)2)25(30)18-32-17-21-12-6-9-15-23(21)27/h4-6,9-12,15,22,24H,3,7-8,13-14,16-18H2,1-2H3,(H,28,31)/t24-/m0/s1. The number of nitrogens with one attached hydrogen (secondary N) is 1. The van der Waals surface area contributed by atoms with Gasteiger partial charge in [-0.05, 0) is 48.9 Å². The Morgan fingerprint density at radius 2 is 1.75 bits per heavy atom. The molecule has 0 unspecified atom stereocenters. The number of nitrogens with zero attached hydrogens (tertiary/aromatic N) is 1. The molecule has 1 saturated carbocycles. The number of halogens is 1. The van der Waals surface area contributed by atoms with Gasteiger partial charge in [0.25, 0.3) is 0 Å². The Labute approximate surface area is 201 Å². The fraction of sp³-hybridized carbons (Fsp3) is 0.462. The van der Waals surface area contributed by atoms with Gasteiger partial charge in [0.15, 0.2) is 0 Å². The highest BCUT2D eigenvalue weighted by Crippen LogP contribution is 2.23. The van der Waals surface area contributed by atoms with Crippen molar-refractivity contribution in [2.45, 2.75) is 70.3 Å². The van der Waals surface area contributed by atoms with Crippen molar-refractivity contribution >= 4 is 35.2 Å². The van der Waals surface area contributed by atoms with Gasteiger partial charge in [0.1, 0.15) is 6.04 Å². The average molecular weight is 473 g/mol. The number of thioether (sulfide) groups is 1. The Morgan fingerprint density at radius 3 is 2.41 bits per heavy atom. The number of aryl methyl sites for hydroxylation is 1. The van der Waals surface area contributed by atoms with Crippen molar-refractivity contribution < 1.29 is 9.59 Å². The highest BCUT2D eigenvalue weighted by Gasteiger charge is 2.30. The number of carbonyl (C=O) groups is 2. The van der Waals surface area contributed by atoms with Gasteiger partial charge in [-0.25, -0.2) is 0 Å². The van der Waals surface area contributed by atoms with Crippen LogP contribution in [0.15, 0.2) is 48.5 Å². The van der Waals surface area contributed by atoms with Crippen molar-refractivity contribution in [2.24, 2.45) is 0 Å². The maximum atomic E-state index is 13.4. The number of hydrogen-bond acceptors (Lipinski definition) is 3. The van der Waals surface area contributed by atoms with Crippen molar-refractivity contribution in [1.82, 2.24) is 10.2 Å². The van der Waals surface area contributed by atoms with Crippen molar-refractivity contribution in [3.8, 4) is 0 Å². The Kier molecular flexibility index (Phi) is 9.49. The smallest absolute Gasteiger partial charge is 0.243 e. The third-order valence-corrected chi connectivity index (χ3v) is 7.47. The molecule has 0 heterocycles. The zero-order valence-electron chi connectivity index (χ0n) is 19.0. The second kappa shape index (κ2) is 12.3. The monoisotopic (exact) mass is 472 g/mol.